The number of hydrogen-bond donors (Lipinski definition) is 4. The lowest BCUT2D eigenvalue weighted by molar-refractivity contribution is -0.147. The Kier molecular flexibility index (Phi) is 21.7. The normalized spacial score (nSPS) is 15.9. The number of hydrogen-bond acceptors (Lipinski definition) is 11. The maximum Gasteiger partial charge on any atom is 0.407 e. The highest BCUT2D eigenvalue weighted by Crippen LogP contribution is 2.31. The molecular weight excluding hydrogens is 795 g/mol. The Morgan fingerprint density at radius 1 is 0.984 bits per heavy atom. The van der Waals surface area contributed by atoms with Crippen LogP contribution in [0.15, 0.2) is 60.0 Å². The van der Waals surface area contributed by atoms with Crippen LogP contribution in [0.4, 0.5) is 10.5 Å². The van der Waals surface area contributed by atoms with Crippen LogP contribution in [0.1, 0.15) is 119 Å². The molecule has 5 atom stereocenters. The van der Waals surface area contributed by atoms with Crippen LogP contribution < -0.4 is 22.1 Å². The van der Waals surface area contributed by atoms with Gasteiger partial charge in [-0.2, -0.15) is 0 Å². The van der Waals surface area contributed by atoms with Crippen LogP contribution in [-0.2, 0) is 36.7 Å². The quantitative estimate of drug-likeness (QED) is 0.0662. The van der Waals surface area contributed by atoms with E-state index in [9.17, 15) is 24.0 Å². The number of carbonyl (C=O) groups excluding carboxylic acids is 5. The number of rotatable bonds is 21. The summed E-state index contributed by atoms with van der Waals surface area (Å²) in [5, 5.41) is 7.70. The number of carbonyl (C=O) groups is 5. The number of aromatic nitrogens is 1. The van der Waals surface area contributed by atoms with Crippen molar-refractivity contribution < 1.29 is 33.4 Å². The Balaban J connectivity index is 0.000000866. The third-order valence-electron chi connectivity index (χ3n) is 10.9. The number of primary amides is 1. The number of likely N-dealkylation sites (tertiary alicyclic amines) is 1. The number of esters is 1. The van der Waals surface area contributed by atoms with E-state index in [4.69, 9.17) is 20.9 Å². The van der Waals surface area contributed by atoms with Gasteiger partial charge in [-0.25, -0.2) is 9.78 Å². The minimum absolute atomic E-state index is 0.00579. The van der Waals surface area contributed by atoms with Crippen molar-refractivity contribution in [2.45, 2.75) is 123 Å². The van der Waals surface area contributed by atoms with Gasteiger partial charge in [0.2, 0.25) is 11.8 Å². The average Bonchev–Trinajstić information content (AvgIpc) is 3.74. The van der Waals surface area contributed by atoms with Crippen molar-refractivity contribution in [3.63, 3.8) is 0 Å². The summed E-state index contributed by atoms with van der Waals surface area (Å²) in [5.41, 5.74) is 14.0. The number of nitrogens with zero attached hydrogens (tertiary/aromatic N) is 3. The molecule has 4 unspecified atom stereocenters. The molecule has 1 aliphatic rings. The lowest BCUT2D eigenvalue weighted by Crippen LogP contribution is -2.45. The second kappa shape index (κ2) is 26.3. The molecule has 0 aliphatic carbocycles. The van der Waals surface area contributed by atoms with Gasteiger partial charge in [-0.1, -0.05) is 83.0 Å². The van der Waals surface area contributed by atoms with Gasteiger partial charge < -0.3 is 36.5 Å². The highest BCUT2D eigenvalue weighted by atomic mass is 32.1. The molecular formula is C46H69N7O7S. The first-order valence-electron chi connectivity index (χ1n) is 21.7. The largest absolute Gasteiger partial charge is 0.466 e. The summed E-state index contributed by atoms with van der Waals surface area (Å²) in [6, 6.07) is 16.7. The average molecular weight is 864 g/mol. The van der Waals surface area contributed by atoms with Gasteiger partial charge in [0, 0.05) is 49.6 Å². The Bertz CT molecular complexity index is 1810. The number of anilines is 1. The van der Waals surface area contributed by atoms with Crippen molar-refractivity contribution in [3.05, 3.63) is 81.8 Å². The highest BCUT2D eigenvalue weighted by molar-refractivity contribution is 7.09. The number of likely N-dealkylation sites (N-methyl/N-ethyl adjacent to an activating group) is 1. The predicted molar refractivity (Wildman–Crippen MR) is 241 cm³/mol. The highest BCUT2D eigenvalue weighted by Gasteiger charge is 2.33. The molecule has 0 spiro atoms. The van der Waals surface area contributed by atoms with Gasteiger partial charge in [0.25, 0.3) is 5.91 Å². The van der Waals surface area contributed by atoms with E-state index in [1.807, 2.05) is 71.4 Å². The molecule has 0 saturated carbocycles. The molecule has 1 fully saturated rings. The fraction of sp³-hybridized carbons (Fsp3) is 0.565. The van der Waals surface area contributed by atoms with Crippen LogP contribution >= 0.6 is 11.3 Å². The third kappa shape index (κ3) is 17.1. The van der Waals surface area contributed by atoms with Crippen molar-refractivity contribution in [3.8, 4) is 0 Å². The number of nitrogens with one attached hydrogen (secondary N) is 2. The maximum atomic E-state index is 13.7. The fourth-order valence-corrected chi connectivity index (χ4v) is 8.22. The third-order valence-corrected chi connectivity index (χ3v) is 11.8. The van der Waals surface area contributed by atoms with Crippen molar-refractivity contribution in [1.82, 2.24) is 25.4 Å². The van der Waals surface area contributed by atoms with Crippen molar-refractivity contribution in [1.29, 1.82) is 0 Å². The zero-order chi connectivity index (χ0) is 44.9. The molecule has 4 rings (SSSR count). The Labute approximate surface area is 366 Å². The van der Waals surface area contributed by atoms with Crippen LogP contribution in [-0.4, -0.2) is 96.5 Å². The Morgan fingerprint density at radius 2 is 1.69 bits per heavy atom. The number of thiazole rings is 1. The van der Waals surface area contributed by atoms with E-state index in [0.717, 1.165) is 43.4 Å². The Morgan fingerprint density at radius 3 is 2.28 bits per heavy atom. The van der Waals surface area contributed by atoms with E-state index >= 15 is 0 Å². The summed E-state index contributed by atoms with van der Waals surface area (Å²) in [5.74, 6) is -1.24. The number of ether oxygens (including phenoxy) is 2. The molecule has 14 nitrogen and oxygen atoms in total. The minimum Gasteiger partial charge on any atom is -0.466 e. The van der Waals surface area contributed by atoms with E-state index in [2.05, 4.69) is 36.4 Å². The van der Waals surface area contributed by atoms with Crippen molar-refractivity contribution >= 4 is 46.8 Å². The number of piperidine rings is 1. The van der Waals surface area contributed by atoms with E-state index in [1.165, 1.54) is 24.8 Å². The van der Waals surface area contributed by atoms with Crippen LogP contribution in [0.3, 0.4) is 0 Å². The smallest absolute Gasteiger partial charge is 0.407 e. The van der Waals surface area contributed by atoms with Crippen LogP contribution in [0.2, 0.25) is 0 Å². The van der Waals surface area contributed by atoms with Crippen LogP contribution in [0.5, 0.6) is 0 Å². The molecule has 3 aromatic rings. The monoisotopic (exact) mass is 863 g/mol. The van der Waals surface area contributed by atoms with Gasteiger partial charge in [0.05, 0.1) is 18.6 Å². The molecule has 15 heteroatoms. The predicted octanol–water partition coefficient (Wildman–Crippen LogP) is 6.69. The van der Waals surface area contributed by atoms with Crippen LogP contribution in [0.25, 0.3) is 0 Å². The number of benzene rings is 2. The van der Waals surface area contributed by atoms with E-state index in [-0.39, 0.29) is 54.1 Å². The summed E-state index contributed by atoms with van der Waals surface area (Å²) in [6.07, 6.45) is 5.75. The standard InChI is InChI=1S/C39H55N5O6S.C7H14N2O/c1-7-9-15-35(45)44(21-20-28-16-18-30(40)19-17-28)33(26(3)4)24-34(50-39(48)41-6)37-43-32(25-51-37)36(46)42-31(22-27(5)38(47)49-8-2)23-29-13-11-10-12-14-29;1-9-5-3-2-4-6(9)7(8)10/h10-14,16-19,25-27,31,33-34H,7-9,15,20-24,40H2,1-6H3,(H,41,48)(H,42,46);6H,2-5H2,1H3,(H2,8,10)/t;6-/m.1/s1. The SMILES string of the molecule is CCCCC(=O)N(CCc1ccc(N)cc1)C(CC(OC(=O)NC)c1nc(C(=O)NC(Cc2ccccc2)CC(C)C(=O)OCC)cs1)C(C)C.CN1CCCC[C@@H]1C(N)=O. The fourth-order valence-electron chi connectivity index (χ4n) is 7.38. The van der Waals surface area contributed by atoms with Gasteiger partial charge in [0.1, 0.15) is 10.7 Å². The number of alkyl carbamates (subject to hydrolysis) is 1. The van der Waals surface area contributed by atoms with Crippen molar-refractivity contribution in [2.75, 3.05) is 39.5 Å². The summed E-state index contributed by atoms with van der Waals surface area (Å²) < 4.78 is 11.1. The topological polar surface area (TPSA) is 199 Å². The molecule has 6 N–H and O–H groups in total. The minimum atomic E-state index is -0.814. The molecule has 2 aromatic carbocycles. The number of unbranched alkanes of at least 4 members (excludes halogenated alkanes) is 1. The lowest BCUT2D eigenvalue weighted by Gasteiger charge is -2.36. The van der Waals surface area contributed by atoms with Gasteiger partial charge in [0.15, 0.2) is 6.10 Å². The van der Waals surface area contributed by atoms with Crippen molar-refractivity contribution in [2.24, 2.45) is 17.6 Å². The first-order chi connectivity index (χ1) is 29.2. The molecule has 2 heterocycles. The molecule has 336 valence electrons. The van der Waals surface area contributed by atoms with Crippen LogP contribution in [0, 0.1) is 11.8 Å². The summed E-state index contributed by atoms with van der Waals surface area (Å²) in [6.45, 7) is 11.5. The first-order valence-corrected chi connectivity index (χ1v) is 22.5. The molecule has 1 saturated heterocycles. The molecule has 1 aromatic heterocycles. The zero-order valence-corrected chi connectivity index (χ0v) is 38.0. The molecule has 1 aliphatic heterocycles. The van der Waals surface area contributed by atoms with E-state index < -0.39 is 24.0 Å². The van der Waals surface area contributed by atoms with Gasteiger partial charge >= 0.3 is 12.1 Å². The molecule has 0 bridgehead atoms. The zero-order valence-electron chi connectivity index (χ0n) is 37.2. The van der Waals surface area contributed by atoms with E-state index in [0.29, 0.717) is 49.3 Å². The van der Waals surface area contributed by atoms with E-state index in [1.54, 1.807) is 19.2 Å². The number of nitrogen functional groups attached to an aromatic ring is 1. The summed E-state index contributed by atoms with van der Waals surface area (Å²) in [7, 11) is 3.44. The Hall–Kier alpha value is -5.02. The molecule has 0 radical (unpaired) electrons. The molecule has 61 heavy (non-hydrogen) atoms. The first kappa shape index (κ1) is 50.3. The summed E-state index contributed by atoms with van der Waals surface area (Å²) in [4.78, 5) is 71.8. The van der Waals surface area contributed by atoms with Gasteiger partial charge in [-0.05, 0) is 88.2 Å². The lowest BCUT2D eigenvalue weighted by atomic mass is 9.94. The molecule has 4 amide bonds. The summed E-state index contributed by atoms with van der Waals surface area (Å²) >= 11 is 1.23. The second-order valence-corrected chi connectivity index (χ2v) is 17.0. The maximum absolute atomic E-state index is 13.7. The number of amides is 4. The van der Waals surface area contributed by atoms with Gasteiger partial charge in [-0.15, -0.1) is 11.3 Å². The number of nitrogens with two attached hydrogens (primary N) is 2. The van der Waals surface area contributed by atoms with Gasteiger partial charge in [-0.3, -0.25) is 24.1 Å². The second-order valence-electron chi connectivity index (χ2n) is 16.1.